The van der Waals surface area contributed by atoms with E-state index in [4.69, 9.17) is 4.98 Å². The van der Waals surface area contributed by atoms with Gasteiger partial charge in [0.15, 0.2) is 0 Å². The number of nitrogens with zero attached hydrogens (tertiary/aromatic N) is 2. The molecule has 2 aromatic rings. The maximum Gasteiger partial charge on any atom is 0.124 e. The number of aryl methyl sites for hydroxylation is 1. The van der Waals surface area contributed by atoms with Gasteiger partial charge in [-0.1, -0.05) is 13.0 Å². The third-order valence-electron chi connectivity index (χ3n) is 4.29. The van der Waals surface area contributed by atoms with Crippen LogP contribution in [0.3, 0.4) is 0 Å². The van der Waals surface area contributed by atoms with Gasteiger partial charge in [-0.15, -0.1) is 0 Å². The predicted molar refractivity (Wildman–Crippen MR) is 82.9 cm³/mol. The fourth-order valence-corrected chi connectivity index (χ4v) is 2.92. The second kappa shape index (κ2) is 5.94. The molecule has 0 saturated carbocycles. The topological polar surface area (TPSA) is 44.0 Å². The summed E-state index contributed by atoms with van der Waals surface area (Å²) in [6.45, 7) is 8.88. The zero-order valence-electron chi connectivity index (χ0n) is 12.4. The fourth-order valence-electron chi connectivity index (χ4n) is 2.92. The van der Waals surface area contributed by atoms with E-state index in [0.29, 0.717) is 6.04 Å². The number of H-pyrrole nitrogens is 1. The first-order chi connectivity index (χ1) is 9.78. The lowest BCUT2D eigenvalue weighted by Gasteiger charge is -2.25. The molecule has 0 bridgehead atoms. The summed E-state index contributed by atoms with van der Waals surface area (Å²) in [6.07, 6.45) is 2.28. The average molecular weight is 272 g/mol. The Balaban J connectivity index is 1.84. The Morgan fingerprint density at radius 2 is 2.20 bits per heavy atom. The molecule has 1 saturated heterocycles. The molecule has 1 aromatic heterocycles. The Labute approximate surface area is 120 Å². The highest BCUT2D eigenvalue weighted by Crippen LogP contribution is 2.22. The highest BCUT2D eigenvalue weighted by molar-refractivity contribution is 5.76. The first kappa shape index (κ1) is 13.6. The van der Waals surface area contributed by atoms with E-state index in [-0.39, 0.29) is 0 Å². The van der Waals surface area contributed by atoms with E-state index in [9.17, 15) is 0 Å². The van der Waals surface area contributed by atoms with Crippen molar-refractivity contribution in [2.24, 2.45) is 0 Å². The molecule has 1 atom stereocenters. The van der Waals surface area contributed by atoms with Crippen molar-refractivity contribution in [1.29, 1.82) is 0 Å². The van der Waals surface area contributed by atoms with Crippen LogP contribution < -0.4 is 5.32 Å². The van der Waals surface area contributed by atoms with Crippen LogP contribution in [0.2, 0.25) is 0 Å². The zero-order chi connectivity index (χ0) is 13.9. The van der Waals surface area contributed by atoms with Gasteiger partial charge >= 0.3 is 0 Å². The monoisotopic (exact) mass is 272 g/mol. The molecule has 1 aromatic carbocycles. The van der Waals surface area contributed by atoms with Crippen LogP contribution in [0, 0.1) is 0 Å². The van der Waals surface area contributed by atoms with E-state index in [0.717, 1.165) is 43.9 Å². The number of hydrogen-bond acceptors (Lipinski definition) is 3. The Bertz CT molecular complexity index is 567. The molecule has 0 radical (unpaired) electrons. The Hall–Kier alpha value is -1.39. The summed E-state index contributed by atoms with van der Waals surface area (Å²) in [7, 11) is 0. The Morgan fingerprint density at radius 3 is 3.05 bits per heavy atom. The smallest absolute Gasteiger partial charge is 0.124 e. The molecule has 20 heavy (non-hydrogen) atoms. The largest absolute Gasteiger partial charge is 0.341 e. The fraction of sp³-hybridized carbons (Fsp3) is 0.562. The third-order valence-corrected chi connectivity index (χ3v) is 4.29. The summed E-state index contributed by atoms with van der Waals surface area (Å²) in [5.74, 6) is 1.09. The summed E-state index contributed by atoms with van der Waals surface area (Å²) >= 11 is 0. The van der Waals surface area contributed by atoms with Crippen molar-refractivity contribution in [3.8, 4) is 0 Å². The number of benzene rings is 1. The number of fused-ring (bicyclic) bond motifs is 1. The van der Waals surface area contributed by atoms with E-state index < -0.39 is 0 Å². The SMILES string of the molecule is CCc1ccc2nc(C(C)N3CCCNCC3)[nH]c2c1. The third kappa shape index (κ3) is 2.72. The molecule has 1 aliphatic rings. The van der Waals surface area contributed by atoms with E-state index in [1.807, 2.05) is 0 Å². The number of aromatic amines is 1. The van der Waals surface area contributed by atoms with Gasteiger partial charge in [0.05, 0.1) is 17.1 Å². The molecule has 4 nitrogen and oxygen atoms in total. The Morgan fingerprint density at radius 1 is 1.30 bits per heavy atom. The van der Waals surface area contributed by atoms with Crippen LogP contribution in [0.4, 0.5) is 0 Å². The van der Waals surface area contributed by atoms with Gasteiger partial charge in [0.2, 0.25) is 0 Å². The molecule has 4 heteroatoms. The van der Waals surface area contributed by atoms with E-state index in [2.05, 4.69) is 47.2 Å². The second-order valence-corrected chi connectivity index (χ2v) is 5.64. The predicted octanol–water partition coefficient (Wildman–Crippen LogP) is 2.48. The van der Waals surface area contributed by atoms with Crippen molar-refractivity contribution >= 4 is 11.0 Å². The summed E-state index contributed by atoms with van der Waals surface area (Å²) < 4.78 is 0. The van der Waals surface area contributed by atoms with Gasteiger partial charge in [0, 0.05) is 19.6 Å². The van der Waals surface area contributed by atoms with Crippen molar-refractivity contribution in [3.63, 3.8) is 0 Å². The summed E-state index contributed by atoms with van der Waals surface area (Å²) in [5.41, 5.74) is 3.61. The van der Waals surface area contributed by atoms with E-state index in [1.54, 1.807) is 0 Å². The lowest BCUT2D eigenvalue weighted by Crippen LogP contribution is -2.31. The molecule has 1 fully saturated rings. The first-order valence-electron chi connectivity index (χ1n) is 7.71. The summed E-state index contributed by atoms with van der Waals surface area (Å²) in [6, 6.07) is 6.88. The normalized spacial score (nSPS) is 19.1. The van der Waals surface area contributed by atoms with Crippen molar-refractivity contribution in [2.45, 2.75) is 32.7 Å². The van der Waals surface area contributed by atoms with Gasteiger partial charge in [0.1, 0.15) is 5.82 Å². The molecule has 3 rings (SSSR count). The highest BCUT2D eigenvalue weighted by atomic mass is 15.2. The van der Waals surface area contributed by atoms with Gasteiger partial charge in [-0.3, -0.25) is 4.90 Å². The summed E-state index contributed by atoms with van der Waals surface area (Å²) in [4.78, 5) is 10.8. The van der Waals surface area contributed by atoms with Crippen LogP contribution in [0.1, 0.15) is 37.7 Å². The van der Waals surface area contributed by atoms with Crippen molar-refractivity contribution < 1.29 is 0 Å². The van der Waals surface area contributed by atoms with Crippen LogP contribution in [-0.2, 0) is 6.42 Å². The minimum atomic E-state index is 0.354. The molecule has 2 N–H and O–H groups in total. The van der Waals surface area contributed by atoms with E-state index >= 15 is 0 Å². The summed E-state index contributed by atoms with van der Waals surface area (Å²) in [5, 5.41) is 3.45. The minimum Gasteiger partial charge on any atom is -0.341 e. The molecule has 0 aliphatic carbocycles. The first-order valence-corrected chi connectivity index (χ1v) is 7.71. The molecular weight excluding hydrogens is 248 g/mol. The molecule has 1 unspecified atom stereocenters. The molecular formula is C16H24N4. The van der Waals surface area contributed by atoms with Crippen LogP contribution in [0.15, 0.2) is 18.2 Å². The quantitative estimate of drug-likeness (QED) is 0.902. The standard InChI is InChI=1S/C16H24N4/c1-3-13-5-6-14-15(11-13)19-16(18-14)12(2)20-9-4-7-17-8-10-20/h5-6,11-12,17H,3-4,7-10H2,1-2H3,(H,18,19). The number of aromatic nitrogens is 2. The maximum absolute atomic E-state index is 4.78. The van der Waals surface area contributed by atoms with Crippen molar-refractivity contribution in [1.82, 2.24) is 20.2 Å². The number of rotatable bonds is 3. The molecule has 1 aliphatic heterocycles. The number of nitrogens with one attached hydrogen (secondary N) is 2. The average Bonchev–Trinajstić information content (AvgIpc) is 2.71. The second-order valence-electron chi connectivity index (χ2n) is 5.64. The van der Waals surface area contributed by atoms with Crippen LogP contribution in [0.5, 0.6) is 0 Å². The number of imidazole rings is 1. The van der Waals surface area contributed by atoms with Crippen molar-refractivity contribution in [3.05, 3.63) is 29.6 Å². The van der Waals surface area contributed by atoms with Gasteiger partial charge in [-0.2, -0.15) is 0 Å². The lowest BCUT2D eigenvalue weighted by molar-refractivity contribution is 0.218. The van der Waals surface area contributed by atoms with Gasteiger partial charge < -0.3 is 10.3 Å². The maximum atomic E-state index is 4.78. The zero-order valence-corrected chi connectivity index (χ0v) is 12.4. The minimum absolute atomic E-state index is 0.354. The van der Waals surface area contributed by atoms with Crippen molar-refractivity contribution in [2.75, 3.05) is 26.2 Å². The number of hydrogen-bond donors (Lipinski definition) is 2. The Kier molecular flexibility index (Phi) is 4.03. The van der Waals surface area contributed by atoms with Crippen LogP contribution >= 0.6 is 0 Å². The highest BCUT2D eigenvalue weighted by Gasteiger charge is 2.19. The van der Waals surface area contributed by atoms with E-state index in [1.165, 1.54) is 17.5 Å². The molecule has 0 spiro atoms. The molecule has 2 heterocycles. The molecule has 0 amide bonds. The van der Waals surface area contributed by atoms with Crippen LogP contribution in [0.25, 0.3) is 11.0 Å². The van der Waals surface area contributed by atoms with Gasteiger partial charge in [0.25, 0.3) is 0 Å². The van der Waals surface area contributed by atoms with Gasteiger partial charge in [-0.05, 0) is 44.0 Å². The van der Waals surface area contributed by atoms with Gasteiger partial charge in [-0.25, -0.2) is 4.98 Å². The molecule has 108 valence electrons. The van der Waals surface area contributed by atoms with Crippen LogP contribution in [-0.4, -0.2) is 41.0 Å². The lowest BCUT2D eigenvalue weighted by atomic mass is 10.1.